The van der Waals surface area contributed by atoms with Gasteiger partial charge in [-0.3, -0.25) is 15.0 Å². The maximum absolute atomic E-state index is 11.9. The molecule has 1 aromatic carbocycles. The monoisotopic (exact) mass is 284 g/mol. The molecule has 0 bridgehead atoms. The summed E-state index contributed by atoms with van der Waals surface area (Å²) in [6, 6.07) is 7.87. The van der Waals surface area contributed by atoms with Crippen LogP contribution in [0.15, 0.2) is 24.3 Å². The third-order valence-corrected chi connectivity index (χ3v) is 4.16. The van der Waals surface area contributed by atoms with Gasteiger partial charge in [-0.25, -0.2) is 4.79 Å². The normalized spacial score (nSPS) is 18.8. The summed E-state index contributed by atoms with van der Waals surface area (Å²) in [6.07, 6.45) is 0.347. The molecule has 0 unspecified atom stereocenters. The van der Waals surface area contributed by atoms with Crippen molar-refractivity contribution in [2.75, 3.05) is 18.0 Å². The Balaban J connectivity index is 1.76. The van der Waals surface area contributed by atoms with Gasteiger partial charge in [0.05, 0.1) is 5.52 Å². The second-order valence-electron chi connectivity index (χ2n) is 5.46. The van der Waals surface area contributed by atoms with Gasteiger partial charge in [0.25, 0.3) is 0 Å². The first-order valence-electron chi connectivity index (χ1n) is 7.16. The van der Waals surface area contributed by atoms with Crippen LogP contribution in [0.3, 0.4) is 0 Å². The molecule has 6 heteroatoms. The molecule has 3 heterocycles. The average Bonchev–Trinajstić information content (AvgIpc) is 2.85. The summed E-state index contributed by atoms with van der Waals surface area (Å²) < 4.78 is 2.29. The van der Waals surface area contributed by atoms with E-state index < -0.39 is 0 Å². The van der Waals surface area contributed by atoms with Crippen LogP contribution < -0.4 is 15.5 Å². The van der Waals surface area contributed by atoms with Gasteiger partial charge in [-0.15, -0.1) is 0 Å². The molecule has 1 fully saturated rings. The highest BCUT2D eigenvalue weighted by atomic mass is 16.2. The number of hydrogen-bond acceptors (Lipinski definition) is 3. The second kappa shape index (κ2) is 4.60. The molecule has 4 rings (SSSR count). The highest BCUT2D eigenvalue weighted by Crippen LogP contribution is 2.27. The third-order valence-electron chi connectivity index (χ3n) is 4.16. The van der Waals surface area contributed by atoms with Gasteiger partial charge in [0.1, 0.15) is 0 Å². The SMILES string of the molecule is O=C1CCN(c2ccc3cc4n(c3c2)CCNC4)C(=O)N1. The van der Waals surface area contributed by atoms with Gasteiger partial charge < -0.3 is 9.88 Å². The van der Waals surface area contributed by atoms with Crippen molar-refractivity contribution in [1.29, 1.82) is 0 Å². The van der Waals surface area contributed by atoms with Crippen LogP contribution in [0, 0.1) is 0 Å². The largest absolute Gasteiger partial charge is 0.342 e. The zero-order chi connectivity index (χ0) is 14.4. The Hall–Kier alpha value is -2.34. The number of amides is 3. The van der Waals surface area contributed by atoms with Gasteiger partial charge in [-0.05, 0) is 18.2 Å². The van der Waals surface area contributed by atoms with Crippen molar-refractivity contribution < 1.29 is 9.59 Å². The Labute approximate surface area is 121 Å². The van der Waals surface area contributed by atoms with Gasteiger partial charge >= 0.3 is 6.03 Å². The topological polar surface area (TPSA) is 66.4 Å². The van der Waals surface area contributed by atoms with Crippen molar-refractivity contribution >= 4 is 28.5 Å². The van der Waals surface area contributed by atoms with Crippen LogP contribution in [-0.2, 0) is 17.9 Å². The highest BCUT2D eigenvalue weighted by Gasteiger charge is 2.24. The molecule has 2 aliphatic heterocycles. The van der Waals surface area contributed by atoms with Crippen LogP contribution >= 0.6 is 0 Å². The molecule has 1 aromatic heterocycles. The standard InChI is InChI=1S/C15H16N4O2/c20-14-3-5-19(15(21)17-14)11-2-1-10-7-12-9-16-4-6-18(12)13(10)8-11/h1-2,7-8,16H,3-6,9H2,(H,17,20,21). The number of benzene rings is 1. The maximum atomic E-state index is 11.9. The number of carbonyl (C=O) groups is 2. The Bertz CT molecular complexity index is 749. The number of rotatable bonds is 1. The van der Waals surface area contributed by atoms with E-state index >= 15 is 0 Å². The molecular formula is C15H16N4O2. The molecule has 3 amide bonds. The van der Waals surface area contributed by atoms with Gasteiger partial charge in [0, 0.05) is 49.4 Å². The molecule has 0 aliphatic carbocycles. The van der Waals surface area contributed by atoms with Crippen molar-refractivity contribution in [3.05, 3.63) is 30.0 Å². The molecule has 2 aliphatic rings. The van der Waals surface area contributed by atoms with Crippen LogP contribution in [0.5, 0.6) is 0 Å². The molecular weight excluding hydrogens is 268 g/mol. The van der Waals surface area contributed by atoms with E-state index in [1.807, 2.05) is 18.2 Å². The van der Waals surface area contributed by atoms with Gasteiger partial charge in [-0.2, -0.15) is 0 Å². The van der Waals surface area contributed by atoms with E-state index in [2.05, 4.69) is 21.3 Å². The number of fused-ring (bicyclic) bond motifs is 3. The summed E-state index contributed by atoms with van der Waals surface area (Å²) in [4.78, 5) is 24.8. The van der Waals surface area contributed by atoms with Crippen LogP contribution in [-0.4, -0.2) is 29.6 Å². The molecule has 1 saturated heterocycles. The van der Waals surface area contributed by atoms with E-state index in [9.17, 15) is 9.59 Å². The number of nitrogens with zero attached hydrogens (tertiary/aromatic N) is 2. The fourth-order valence-corrected chi connectivity index (χ4v) is 3.10. The van der Waals surface area contributed by atoms with Gasteiger partial charge in [0.15, 0.2) is 0 Å². The van der Waals surface area contributed by atoms with Gasteiger partial charge in [-0.1, -0.05) is 6.07 Å². The molecule has 21 heavy (non-hydrogen) atoms. The van der Waals surface area contributed by atoms with Crippen LogP contribution in [0.4, 0.5) is 10.5 Å². The summed E-state index contributed by atoms with van der Waals surface area (Å²) in [6.45, 7) is 3.21. The smallest absolute Gasteiger partial charge is 0.328 e. The summed E-state index contributed by atoms with van der Waals surface area (Å²) in [5.74, 6) is -0.205. The first-order chi connectivity index (χ1) is 10.2. The lowest BCUT2D eigenvalue weighted by molar-refractivity contribution is -0.120. The molecule has 0 saturated carbocycles. The van der Waals surface area contributed by atoms with E-state index in [0.29, 0.717) is 13.0 Å². The number of hydrogen-bond donors (Lipinski definition) is 2. The van der Waals surface area contributed by atoms with Crippen LogP contribution in [0.25, 0.3) is 10.9 Å². The number of aromatic nitrogens is 1. The van der Waals surface area contributed by atoms with E-state index in [4.69, 9.17) is 0 Å². The van der Waals surface area contributed by atoms with E-state index in [-0.39, 0.29) is 11.9 Å². The number of carbonyl (C=O) groups excluding carboxylic acids is 2. The summed E-state index contributed by atoms with van der Waals surface area (Å²) in [5, 5.41) is 6.91. The molecule has 0 radical (unpaired) electrons. The molecule has 2 aromatic rings. The molecule has 6 nitrogen and oxygen atoms in total. The van der Waals surface area contributed by atoms with Crippen LogP contribution in [0.2, 0.25) is 0 Å². The zero-order valence-electron chi connectivity index (χ0n) is 11.6. The van der Waals surface area contributed by atoms with Crippen molar-refractivity contribution in [3.63, 3.8) is 0 Å². The van der Waals surface area contributed by atoms with Crippen molar-refractivity contribution in [2.24, 2.45) is 0 Å². The zero-order valence-corrected chi connectivity index (χ0v) is 11.6. The Morgan fingerprint density at radius 2 is 2.00 bits per heavy atom. The lowest BCUT2D eigenvalue weighted by atomic mass is 10.2. The summed E-state index contributed by atoms with van der Waals surface area (Å²) >= 11 is 0. The quantitative estimate of drug-likeness (QED) is 0.826. The van der Waals surface area contributed by atoms with E-state index in [1.54, 1.807) is 4.90 Å². The summed E-state index contributed by atoms with van der Waals surface area (Å²) in [7, 11) is 0. The fraction of sp³-hybridized carbons (Fsp3) is 0.333. The molecule has 0 spiro atoms. The first kappa shape index (κ1) is 12.4. The minimum atomic E-state index is -0.335. The molecule has 0 atom stereocenters. The first-order valence-corrected chi connectivity index (χ1v) is 7.16. The average molecular weight is 284 g/mol. The van der Waals surface area contributed by atoms with Crippen molar-refractivity contribution in [1.82, 2.24) is 15.2 Å². The lowest BCUT2D eigenvalue weighted by Gasteiger charge is -2.26. The molecule has 2 N–H and O–H groups in total. The summed E-state index contributed by atoms with van der Waals surface area (Å²) in [5.41, 5.74) is 3.26. The van der Waals surface area contributed by atoms with Crippen LogP contribution in [0.1, 0.15) is 12.1 Å². The number of urea groups is 1. The van der Waals surface area contributed by atoms with Gasteiger partial charge in [0.2, 0.25) is 5.91 Å². The van der Waals surface area contributed by atoms with Crippen molar-refractivity contribution in [2.45, 2.75) is 19.5 Å². The predicted octanol–water partition coefficient (Wildman–Crippen LogP) is 1.19. The highest BCUT2D eigenvalue weighted by molar-refractivity contribution is 6.06. The minimum absolute atomic E-state index is 0.205. The van der Waals surface area contributed by atoms with E-state index in [1.165, 1.54) is 11.1 Å². The van der Waals surface area contributed by atoms with E-state index in [0.717, 1.165) is 30.8 Å². The second-order valence-corrected chi connectivity index (χ2v) is 5.46. The minimum Gasteiger partial charge on any atom is -0.342 e. The third kappa shape index (κ3) is 1.99. The Morgan fingerprint density at radius 1 is 1.10 bits per heavy atom. The maximum Gasteiger partial charge on any atom is 0.328 e. The predicted molar refractivity (Wildman–Crippen MR) is 79.1 cm³/mol. The Morgan fingerprint density at radius 3 is 2.86 bits per heavy atom. The number of anilines is 1. The number of imide groups is 1. The fourth-order valence-electron chi connectivity index (χ4n) is 3.10. The molecule has 108 valence electrons. The lowest BCUT2D eigenvalue weighted by Crippen LogP contribution is -2.49. The Kier molecular flexibility index (Phi) is 2.71. The number of nitrogens with one attached hydrogen (secondary N) is 2. The van der Waals surface area contributed by atoms with Crippen molar-refractivity contribution in [3.8, 4) is 0 Å².